The van der Waals surface area contributed by atoms with Gasteiger partial charge in [0.25, 0.3) is 0 Å². The molecular weight excluding hydrogens is 460 g/mol. The van der Waals surface area contributed by atoms with Crippen molar-refractivity contribution in [1.29, 1.82) is 0 Å². The van der Waals surface area contributed by atoms with Crippen LogP contribution in [0.5, 0.6) is 11.5 Å². The summed E-state index contributed by atoms with van der Waals surface area (Å²) in [5.41, 5.74) is 5.79. The molecule has 0 aromatic heterocycles. The highest BCUT2D eigenvalue weighted by Gasteiger charge is 2.43. The molecule has 0 spiro atoms. The maximum absolute atomic E-state index is 12.1. The largest absolute Gasteiger partial charge is 0.543 e. The van der Waals surface area contributed by atoms with E-state index in [1.54, 1.807) is 0 Å². The van der Waals surface area contributed by atoms with Crippen LogP contribution in [-0.4, -0.2) is 13.4 Å². The molecule has 0 radical (unpaired) electrons. The first-order valence-corrected chi connectivity index (χ1v) is 16.3. The number of aryl methyl sites for hydroxylation is 2. The molecule has 1 fully saturated rings. The van der Waals surface area contributed by atoms with Gasteiger partial charge in [-0.2, -0.15) is 0 Å². The Morgan fingerprint density at radius 1 is 1.00 bits per heavy atom. The first kappa shape index (κ1) is 25.1. The number of fused-ring (bicyclic) bond motifs is 1. The highest BCUT2D eigenvalue weighted by molar-refractivity contribution is 6.74. The molecule has 0 heterocycles. The second-order valence-electron chi connectivity index (χ2n) is 12.3. The summed E-state index contributed by atoms with van der Waals surface area (Å²) in [5, 5.41) is 12.2. The highest BCUT2D eigenvalue weighted by Crippen LogP contribution is 2.50. The van der Waals surface area contributed by atoms with Crippen LogP contribution in [0.25, 0.3) is 0 Å². The van der Waals surface area contributed by atoms with Gasteiger partial charge >= 0.3 is 0 Å². The van der Waals surface area contributed by atoms with Crippen molar-refractivity contribution in [3.63, 3.8) is 0 Å². The van der Waals surface area contributed by atoms with Gasteiger partial charge in [0, 0.05) is 0 Å². The molecule has 190 valence electrons. The molecule has 4 heteroatoms. The summed E-state index contributed by atoms with van der Waals surface area (Å²) in [6.07, 6.45) is 3.92. The van der Waals surface area contributed by atoms with Gasteiger partial charge in [-0.25, -0.2) is 0 Å². The van der Waals surface area contributed by atoms with Crippen molar-refractivity contribution in [3.05, 3.63) is 94.0 Å². The molecule has 1 N–H and O–H groups in total. The van der Waals surface area contributed by atoms with Crippen molar-refractivity contribution in [1.82, 2.24) is 0 Å². The van der Waals surface area contributed by atoms with Crippen molar-refractivity contribution < 1.29 is 14.3 Å². The Balaban J connectivity index is 1.44. The average Bonchev–Trinajstić information content (AvgIpc) is 3.60. The Hall–Kier alpha value is -2.56. The molecule has 3 aromatic rings. The fraction of sp³-hybridized carbons (Fsp3) is 0.438. The molecule has 0 saturated heterocycles. The van der Waals surface area contributed by atoms with Gasteiger partial charge in [0.2, 0.25) is 8.32 Å². The summed E-state index contributed by atoms with van der Waals surface area (Å²) in [4.78, 5) is 0. The molecular formula is C32H40O3Si. The number of hydrogen-bond donors (Lipinski definition) is 1. The first-order valence-electron chi connectivity index (χ1n) is 13.3. The third kappa shape index (κ3) is 4.73. The molecule has 3 nitrogen and oxygen atoms in total. The Labute approximate surface area is 217 Å². The van der Waals surface area contributed by atoms with Crippen LogP contribution in [0.2, 0.25) is 18.1 Å². The SMILES string of the molecule is Cc1cc(O[Si](C)(C)C(C)(C)C)cc2c1C(O)(c1ccc(OCc3ccccc3)c(C3CC3)c1)CC2. The second-order valence-corrected chi connectivity index (χ2v) is 17.0. The average molecular weight is 501 g/mol. The first-order chi connectivity index (χ1) is 17.0. The van der Waals surface area contributed by atoms with E-state index in [-0.39, 0.29) is 5.04 Å². The van der Waals surface area contributed by atoms with E-state index in [4.69, 9.17) is 9.16 Å². The van der Waals surface area contributed by atoms with Crippen LogP contribution in [-0.2, 0) is 18.6 Å². The van der Waals surface area contributed by atoms with Crippen molar-refractivity contribution >= 4 is 8.32 Å². The summed E-state index contributed by atoms with van der Waals surface area (Å²) in [6.45, 7) is 14.0. The molecule has 1 unspecified atom stereocenters. The molecule has 1 saturated carbocycles. The quantitative estimate of drug-likeness (QED) is 0.334. The van der Waals surface area contributed by atoms with E-state index in [9.17, 15) is 5.11 Å². The summed E-state index contributed by atoms with van der Waals surface area (Å²) >= 11 is 0. The van der Waals surface area contributed by atoms with Crippen LogP contribution in [0.15, 0.2) is 60.7 Å². The molecule has 0 amide bonds. The van der Waals surface area contributed by atoms with Crippen molar-refractivity contribution in [2.24, 2.45) is 0 Å². The fourth-order valence-electron chi connectivity index (χ4n) is 5.24. The lowest BCUT2D eigenvalue weighted by atomic mass is 9.84. The summed E-state index contributed by atoms with van der Waals surface area (Å²) < 4.78 is 12.9. The normalized spacial score (nSPS) is 19.8. The lowest BCUT2D eigenvalue weighted by molar-refractivity contribution is 0.0821. The molecule has 2 aliphatic carbocycles. The molecule has 0 aliphatic heterocycles. The summed E-state index contributed by atoms with van der Waals surface area (Å²) in [6, 6.07) is 21.0. The molecule has 0 bridgehead atoms. The Kier molecular flexibility index (Phi) is 6.33. The second kappa shape index (κ2) is 9.07. The third-order valence-electron chi connectivity index (χ3n) is 8.48. The fourth-order valence-corrected chi connectivity index (χ4v) is 6.25. The molecule has 3 aromatic carbocycles. The van der Waals surface area contributed by atoms with Crippen molar-refractivity contribution in [2.75, 3.05) is 0 Å². The number of aliphatic hydroxyl groups is 1. The van der Waals surface area contributed by atoms with E-state index in [2.05, 4.69) is 83.3 Å². The topological polar surface area (TPSA) is 38.7 Å². The van der Waals surface area contributed by atoms with Crippen LogP contribution in [0, 0.1) is 6.92 Å². The zero-order valence-electron chi connectivity index (χ0n) is 22.7. The Morgan fingerprint density at radius 2 is 1.72 bits per heavy atom. The van der Waals surface area contributed by atoms with Gasteiger partial charge in [-0.3, -0.25) is 0 Å². The minimum Gasteiger partial charge on any atom is -0.543 e. The zero-order valence-corrected chi connectivity index (χ0v) is 23.7. The lowest BCUT2D eigenvalue weighted by Crippen LogP contribution is -2.43. The minimum absolute atomic E-state index is 0.143. The Bertz CT molecular complexity index is 1250. The third-order valence-corrected chi connectivity index (χ3v) is 12.8. The summed E-state index contributed by atoms with van der Waals surface area (Å²) in [7, 11) is -1.93. The van der Waals surface area contributed by atoms with Gasteiger partial charge in [-0.1, -0.05) is 57.2 Å². The van der Waals surface area contributed by atoms with E-state index in [1.165, 1.54) is 24.0 Å². The van der Waals surface area contributed by atoms with Gasteiger partial charge in [-0.05, 0) is 114 Å². The molecule has 5 rings (SSSR count). The van der Waals surface area contributed by atoms with Crippen LogP contribution >= 0.6 is 0 Å². The van der Waals surface area contributed by atoms with Gasteiger partial charge in [0.15, 0.2) is 0 Å². The predicted octanol–water partition coefficient (Wildman–Crippen LogP) is 8.02. The van der Waals surface area contributed by atoms with E-state index in [0.29, 0.717) is 18.9 Å². The number of rotatable bonds is 7. The van der Waals surface area contributed by atoms with Crippen molar-refractivity contribution in [2.45, 2.75) is 89.6 Å². The highest BCUT2D eigenvalue weighted by atomic mass is 28.4. The van der Waals surface area contributed by atoms with Gasteiger partial charge in [0.05, 0.1) is 0 Å². The molecule has 1 atom stereocenters. The molecule has 2 aliphatic rings. The minimum atomic E-state index is -1.93. The maximum Gasteiger partial charge on any atom is 0.250 e. The predicted molar refractivity (Wildman–Crippen MR) is 150 cm³/mol. The number of benzene rings is 3. The van der Waals surface area contributed by atoms with E-state index in [0.717, 1.165) is 40.2 Å². The summed E-state index contributed by atoms with van der Waals surface area (Å²) in [5.74, 6) is 2.42. The van der Waals surface area contributed by atoms with E-state index >= 15 is 0 Å². The van der Waals surface area contributed by atoms with Gasteiger partial charge in [0.1, 0.15) is 23.7 Å². The standard InChI is InChI=1S/C32H40O3Si/c1-22-18-27(35-36(5,6)31(2,3)4)19-25-16-17-32(33,30(22)25)26-14-15-29(28(20-26)24-12-13-24)34-21-23-10-8-7-9-11-23/h7-11,14-15,18-20,24,33H,12-13,16-17,21H2,1-6H3. The number of hydrogen-bond acceptors (Lipinski definition) is 3. The lowest BCUT2D eigenvalue weighted by Gasteiger charge is -2.37. The Morgan fingerprint density at radius 3 is 2.39 bits per heavy atom. The maximum atomic E-state index is 12.1. The van der Waals surface area contributed by atoms with E-state index in [1.807, 2.05) is 18.2 Å². The smallest absolute Gasteiger partial charge is 0.250 e. The van der Waals surface area contributed by atoms with Crippen LogP contribution < -0.4 is 9.16 Å². The van der Waals surface area contributed by atoms with Crippen LogP contribution in [0.4, 0.5) is 0 Å². The van der Waals surface area contributed by atoms with Gasteiger partial charge in [-0.15, -0.1) is 0 Å². The number of ether oxygens (including phenoxy) is 1. The molecule has 36 heavy (non-hydrogen) atoms. The van der Waals surface area contributed by atoms with E-state index < -0.39 is 13.9 Å². The van der Waals surface area contributed by atoms with Crippen LogP contribution in [0.1, 0.15) is 79.3 Å². The van der Waals surface area contributed by atoms with Crippen molar-refractivity contribution in [3.8, 4) is 11.5 Å². The van der Waals surface area contributed by atoms with Gasteiger partial charge < -0.3 is 14.3 Å². The van der Waals surface area contributed by atoms with Crippen LogP contribution in [0.3, 0.4) is 0 Å². The zero-order chi connectivity index (χ0) is 25.7. The monoisotopic (exact) mass is 500 g/mol.